The fourth-order valence-corrected chi connectivity index (χ4v) is 4.21. The summed E-state index contributed by atoms with van der Waals surface area (Å²) in [5.41, 5.74) is -1.15. The topological polar surface area (TPSA) is 49.4 Å². The van der Waals surface area contributed by atoms with Crippen LogP contribution in [0.3, 0.4) is 0 Å². The van der Waals surface area contributed by atoms with E-state index in [2.05, 4.69) is 4.72 Å². The SMILES string of the molecule is CN(C)CCSc1ccc(NS(=O)(=O)c2cccc(C(F)(F)F)c2)cc1F. The molecule has 0 aliphatic rings. The molecule has 1 N–H and O–H groups in total. The Morgan fingerprint density at radius 1 is 1.11 bits per heavy atom. The third-order valence-corrected chi connectivity index (χ3v) is 5.86. The molecule has 0 atom stereocenters. The van der Waals surface area contributed by atoms with E-state index in [1.54, 1.807) is 0 Å². The van der Waals surface area contributed by atoms with E-state index in [0.29, 0.717) is 16.7 Å². The minimum atomic E-state index is -4.66. The molecule has 0 aliphatic carbocycles. The first kappa shape index (κ1) is 21.5. The van der Waals surface area contributed by atoms with Crippen LogP contribution in [0.4, 0.5) is 23.2 Å². The average molecular weight is 422 g/mol. The number of halogens is 4. The van der Waals surface area contributed by atoms with Crippen molar-refractivity contribution in [3.05, 3.63) is 53.8 Å². The van der Waals surface area contributed by atoms with Crippen molar-refractivity contribution in [2.24, 2.45) is 0 Å². The lowest BCUT2D eigenvalue weighted by Gasteiger charge is -2.12. The highest BCUT2D eigenvalue weighted by molar-refractivity contribution is 7.99. The predicted molar refractivity (Wildman–Crippen MR) is 97.9 cm³/mol. The number of nitrogens with one attached hydrogen (secondary N) is 1. The van der Waals surface area contributed by atoms with Gasteiger partial charge in [0.1, 0.15) is 5.82 Å². The second-order valence-corrected chi connectivity index (χ2v) is 8.75. The number of benzene rings is 2. The zero-order valence-corrected chi connectivity index (χ0v) is 16.2. The van der Waals surface area contributed by atoms with Crippen molar-refractivity contribution in [3.8, 4) is 0 Å². The minimum Gasteiger partial charge on any atom is -0.309 e. The van der Waals surface area contributed by atoms with Crippen molar-refractivity contribution in [2.45, 2.75) is 16.0 Å². The Bertz CT molecular complexity index is 900. The molecule has 10 heteroatoms. The standard InChI is InChI=1S/C17H18F4N2O2S2/c1-23(2)8-9-26-16-7-6-13(11-15(16)18)22-27(24,25)14-5-3-4-12(10-14)17(19,20)21/h3-7,10-11,22H,8-9H2,1-2H3. The summed E-state index contributed by atoms with van der Waals surface area (Å²) in [6, 6.07) is 7.15. The first-order valence-corrected chi connectivity index (χ1v) is 10.2. The summed E-state index contributed by atoms with van der Waals surface area (Å²) < 4.78 is 79.2. The zero-order chi connectivity index (χ0) is 20.2. The quantitative estimate of drug-likeness (QED) is 0.534. The van der Waals surface area contributed by atoms with Gasteiger partial charge in [0, 0.05) is 17.2 Å². The Kier molecular flexibility index (Phi) is 6.77. The third-order valence-electron chi connectivity index (χ3n) is 3.45. The van der Waals surface area contributed by atoms with Crippen LogP contribution in [0.25, 0.3) is 0 Å². The van der Waals surface area contributed by atoms with Gasteiger partial charge in [-0.25, -0.2) is 12.8 Å². The van der Waals surface area contributed by atoms with Crippen LogP contribution in [0, 0.1) is 5.82 Å². The molecule has 0 saturated heterocycles. The van der Waals surface area contributed by atoms with Crippen LogP contribution in [0.5, 0.6) is 0 Å². The van der Waals surface area contributed by atoms with Gasteiger partial charge in [0.25, 0.3) is 10.0 Å². The molecule has 0 fully saturated rings. The first-order valence-electron chi connectivity index (χ1n) is 7.76. The number of hydrogen-bond acceptors (Lipinski definition) is 4. The van der Waals surface area contributed by atoms with E-state index >= 15 is 0 Å². The molecule has 0 heterocycles. The van der Waals surface area contributed by atoms with Crippen LogP contribution >= 0.6 is 11.8 Å². The van der Waals surface area contributed by atoms with Gasteiger partial charge >= 0.3 is 6.18 Å². The predicted octanol–water partition coefficient (Wildman–Crippen LogP) is 4.30. The number of nitrogens with zero attached hydrogens (tertiary/aromatic N) is 1. The molecule has 148 valence electrons. The van der Waals surface area contributed by atoms with Crippen molar-refractivity contribution >= 4 is 27.5 Å². The van der Waals surface area contributed by atoms with Gasteiger partial charge in [0.05, 0.1) is 16.1 Å². The molecule has 0 amide bonds. The maximum Gasteiger partial charge on any atom is 0.416 e. The molecule has 2 aromatic rings. The Morgan fingerprint density at radius 2 is 1.81 bits per heavy atom. The average Bonchev–Trinajstić information content (AvgIpc) is 2.55. The fourth-order valence-electron chi connectivity index (χ4n) is 2.07. The van der Waals surface area contributed by atoms with E-state index < -0.39 is 32.5 Å². The first-order chi connectivity index (χ1) is 12.5. The fraction of sp³-hybridized carbons (Fsp3) is 0.294. The molecule has 0 saturated carbocycles. The van der Waals surface area contributed by atoms with Gasteiger partial charge in [-0.1, -0.05) is 6.07 Å². The zero-order valence-electron chi connectivity index (χ0n) is 14.5. The van der Waals surface area contributed by atoms with Crippen LogP contribution in [-0.2, 0) is 16.2 Å². The van der Waals surface area contributed by atoms with Gasteiger partial charge in [0.15, 0.2) is 0 Å². The summed E-state index contributed by atoms with van der Waals surface area (Å²) in [6.07, 6.45) is -4.66. The van der Waals surface area contributed by atoms with Gasteiger partial charge in [-0.3, -0.25) is 4.72 Å². The van der Waals surface area contributed by atoms with Gasteiger partial charge < -0.3 is 4.90 Å². The smallest absolute Gasteiger partial charge is 0.309 e. The lowest BCUT2D eigenvalue weighted by molar-refractivity contribution is -0.137. The third kappa shape index (κ3) is 6.12. The van der Waals surface area contributed by atoms with Gasteiger partial charge in [-0.2, -0.15) is 13.2 Å². The summed E-state index contributed by atoms with van der Waals surface area (Å²) in [6.45, 7) is 0.744. The Hall–Kier alpha value is -1.78. The van der Waals surface area contributed by atoms with Crippen molar-refractivity contribution in [2.75, 3.05) is 31.1 Å². The lowest BCUT2D eigenvalue weighted by Crippen LogP contribution is -2.15. The van der Waals surface area contributed by atoms with Gasteiger partial charge in [-0.15, -0.1) is 11.8 Å². The molecular weight excluding hydrogens is 404 g/mol. The second kappa shape index (κ2) is 8.49. The number of anilines is 1. The minimum absolute atomic E-state index is 0.0677. The molecule has 2 aromatic carbocycles. The summed E-state index contributed by atoms with van der Waals surface area (Å²) in [5.74, 6) is 0.0437. The molecule has 4 nitrogen and oxygen atoms in total. The number of sulfonamides is 1. The maximum atomic E-state index is 14.2. The van der Waals surface area contributed by atoms with E-state index in [9.17, 15) is 26.0 Å². The number of thioether (sulfide) groups is 1. The van der Waals surface area contributed by atoms with Crippen molar-refractivity contribution in [3.63, 3.8) is 0 Å². The van der Waals surface area contributed by atoms with Crippen LogP contribution in [-0.4, -0.2) is 39.7 Å². The van der Waals surface area contributed by atoms with E-state index in [4.69, 9.17) is 0 Å². The molecule has 0 unspecified atom stereocenters. The van der Waals surface area contributed by atoms with E-state index in [1.807, 2.05) is 19.0 Å². The summed E-state index contributed by atoms with van der Waals surface area (Å²) in [4.78, 5) is 1.75. The van der Waals surface area contributed by atoms with Crippen molar-refractivity contribution in [1.29, 1.82) is 0 Å². The second-order valence-electron chi connectivity index (χ2n) is 5.93. The van der Waals surface area contributed by atoms with Crippen LogP contribution in [0.15, 0.2) is 52.3 Å². The monoisotopic (exact) mass is 422 g/mol. The van der Waals surface area contributed by atoms with Gasteiger partial charge in [0.2, 0.25) is 0 Å². The van der Waals surface area contributed by atoms with Gasteiger partial charge in [-0.05, 0) is 50.5 Å². The highest BCUT2D eigenvalue weighted by Crippen LogP contribution is 2.31. The molecule has 0 bridgehead atoms. The lowest BCUT2D eigenvalue weighted by atomic mass is 10.2. The Morgan fingerprint density at radius 3 is 2.41 bits per heavy atom. The molecule has 2 rings (SSSR count). The number of rotatable bonds is 7. The molecular formula is C17H18F4N2O2S2. The van der Waals surface area contributed by atoms with Crippen molar-refractivity contribution < 1.29 is 26.0 Å². The highest BCUT2D eigenvalue weighted by Gasteiger charge is 2.31. The Labute approximate surface area is 159 Å². The van der Waals surface area contributed by atoms with Crippen LogP contribution < -0.4 is 4.72 Å². The molecule has 0 aromatic heterocycles. The maximum absolute atomic E-state index is 14.2. The number of alkyl halides is 3. The summed E-state index contributed by atoms with van der Waals surface area (Å²) >= 11 is 1.28. The number of hydrogen-bond donors (Lipinski definition) is 1. The molecule has 0 radical (unpaired) electrons. The molecule has 0 aliphatic heterocycles. The van der Waals surface area contributed by atoms with E-state index in [-0.39, 0.29) is 5.69 Å². The van der Waals surface area contributed by atoms with Crippen molar-refractivity contribution in [1.82, 2.24) is 4.90 Å². The summed E-state index contributed by atoms with van der Waals surface area (Å²) in [7, 11) is -0.501. The normalized spacial score (nSPS) is 12.4. The van der Waals surface area contributed by atoms with E-state index in [1.165, 1.54) is 23.9 Å². The molecule has 0 spiro atoms. The van der Waals surface area contributed by atoms with E-state index in [0.717, 1.165) is 30.8 Å². The Balaban J connectivity index is 2.17. The molecule has 27 heavy (non-hydrogen) atoms. The largest absolute Gasteiger partial charge is 0.416 e. The summed E-state index contributed by atoms with van der Waals surface area (Å²) in [5, 5.41) is 0. The van der Waals surface area contributed by atoms with Crippen LogP contribution in [0.1, 0.15) is 5.56 Å². The highest BCUT2D eigenvalue weighted by atomic mass is 32.2. The van der Waals surface area contributed by atoms with Crippen LogP contribution in [0.2, 0.25) is 0 Å².